The molecule has 0 spiro atoms. The third-order valence-corrected chi connectivity index (χ3v) is 2.89. The Labute approximate surface area is 109 Å². The third kappa shape index (κ3) is 3.87. The second kappa shape index (κ2) is 5.83. The van der Waals surface area contributed by atoms with Gasteiger partial charge in [-0.1, -0.05) is 6.92 Å². The first-order valence-electron chi connectivity index (χ1n) is 6.22. The molecule has 7 heteroatoms. The molecule has 0 aromatic carbocycles. The van der Waals surface area contributed by atoms with Crippen LogP contribution in [0.15, 0.2) is 0 Å². The van der Waals surface area contributed by atoms with Crippen LogP contribution in [-0.4, -0.2) is 29.4 Å². The molecule has 0 saturated heterocycles. The van der Waals surface area contributed by atoms with E-state index in [4.69, 9.17) is 0 Å². The van der Waals surface area contributed by atoms with Gasteiger partial charge in [0.05, 0.1) is 12.3 Å². The monoisotopic (exact) mass is 275 g/mol. The van der Waals surface area contributed by atoms with Crippen molar-refractivity contribution in [2.75, 3.05) is 13.2 Å². The van der Waals surface area contributed by atoms with E-state index in [1.807, 2.05) is 6.92 Å². The first-order chi connectivity index (χ1) is 8.99. The highest BCUT2D eigenvalue weighted by atomic mass is 19.4. The van der Waals surface area contributed by atoms with Crippen LogP contribution in [0.1, 0.15) is 29.7 Å². The van der Waals surface area contributed by atoms with Crippen molar-refractivity contribution in [3.05, 3.63) is 22.8 Å². The quantitative estimate of drug-likeness (QED) is 0.832. The van der Waals surface area contributed by atoms with Crippen LogP contribution in [0.2, 0.25) is 0 Å². The van der Waals surface area contributed by atoms with Crippen LogP contribution in [0.25, 0.3) is 0 Å². The number of aromatic nitrogens is 2. The molecule has 0 radical (unpaired) electrons. The molecule has 1 aliphatic heterocycles. The van der Waals surface area contributed by atoms with Gasteiger partial charge < -0.3 is 10.1 Å². The van der Waals surface area contributed by atoms with Crippen LogP contribution >= 0.6 is 0 Å². The zero-order valence-electron chi connectivity index (χ0n) is 10.7. The van der Waals surface area contributed by atoms with Gasteiger partial charge in [-0.2, -0.15) is 13.2 Å². The number of rotatable bonds is 5. The van der Waals surface area contributed by atoms with Crippen molar-refractivity contribution >= 4 is 0 Å². The molecule has 0 fully saturated rings. The summed E-state index contributed by atoms with van der Waals surface area (Å²) < 4.78 is 40.3. The van der Waals surface area contributed by atoms with Gasteiger partial charge >= 0.3 is 6.18 Å². The molecular weight excluding hydrogens is 259 g/mol. The van der Waals surface area contributed by atoms with Crippen molar-refractivity contribution in [3.8, 4) is 0 Å². The minimum absolute atomic E-state index is 0.0190. The summed E-state index contributed by atoms with van der Waals surface area (Å²) in [6, 6.07) is 0. The van der Waals surface area contributed by atoms with Crippen molar-refractivity contribution in [2.24, 2.45) is 0 Å². The maximum Gasteiger partial charge on any atom is 0.411 e. The molecule has 0 saturated carbocycles. The average Bonchev–Trinajstić information content (AvgIpc) is 2.80. The number of halogens is 3. The van der Waals surface area contributed by atoms with Crippen molar-refractivity contribution in [1.82, 2.24) is 15.3 Å². The summed E-state index contributed by atoms with van der Waals surface area (Å²) in [5.74, 6) is 0.557. The summed E-state index contributed by atoms with van der Waals surface area (Å²) in [7, 11) is 0. The molecule has 1 aromatic heterocycles. The summed E-state index contributed by atoms with van der Waals surface area (Å²) >= 11 is 0. The second-order valence-electron chi connectivity index (χ2n) is 4.39. The van der Waals surface area contributed by atoms with E-state index < -0.39 is 12.8 Å². The predicted molar refractivity (Wildman–Crippen MR) is 62.5 cm³/mol. The molecule has 0 bridgehead atoms. The maximum absolute atomic E-state index is 11.9. The molecule has 0 atom stereocenters. The Balaban J connectivity index is 1.94. The number of nitrogens with one attached hydrogen (secondary N) is 1. The fraction of sp³-hybridized carbons (Fsp3) is 0.667. The fourth-order valence-electron chi connectivity index (χ4n) is 2.05. The third-order valence-electron chi connectivity index (χ3n) is 2.89. The molecule has 2 rings (SSSR count). The van der Waals surface area contributed by atoms with E-state index in [1.165, 1.54) is 0 Å². The molecule has 2 heterocycles. The first kappa shape index (κ1) is 14.2. The SMILES string of the molecule is CCc1nc(CCOCC(F)(F)F)nc2c1CNC2. The lowest BCUT2D eigenvalue weighted by Crippen LogP contribution is -2.18. The lowest BCUT2D eigenvalue weighted by Gasteiger charge is -2.09. The van der Waals surface area contributed by atoms with Gasteiger partial charge in [0.15, 0.2) is 0 Å². The zero-order valence-corrected chi connectivity index (χ0v) is 10.7. The van der Waals surface area contributed by atoms with E-state index in [0.29, 0.717) is 18.8 Å². The summed E-state index contributed by atoms with van der Waals surface area (Å²) in [5, 5.41) is 3.19. The summed E-state index contributed by atoms with van der Waals surface area (Å²) in [4.78, 5) is 8.75. The number of hydrogen-bond donors (Lipinski definition) is 1. The molecule has 19 heavy (non-hydrogen) atoms. The minimum Gasteiger partial charge on any atom is -0.372 e. The first-order valence-corrected chi connectivity index (χ1v) is 6.22. The Hall–Kier alpha value is -1.21. The summed E-state index contributed by atoms with van der Waals surface area (Å²) in [6.45, 7) is 2.23. The van der Waals surface area contributed by atoms with Gasteiger partial charge in [-0.25, -0.2) is 9.97 Å². The van der Waals surface area contributed by atoms with Gasteiger partial charge in [0.2, 0.25) is 0 Å². The Morgan fingerprint density at radius 3 is 2.74 bits per heavy atom. The molecule has 1 aromatic rings. The predicted octanol–water partition coefficient (Wildman–Crippen LogP) is 1.76. The van der Waals surface area contributed by atoms with E-state index >= 15 is 0 Å². The van der Waals surface area contributed by atoms with Crippen molar-refractivity contribution in [1.29, 1.82) is 0 Å². The van der Waals surface area contributed by atoms with Crippen LogP contribution in [0.3, 0.4) is 0 Å². The molecule has 106 valence electrons. The highest BCUT2D eigenvalue weighted by Gasteiger charge is 2.27. The van der Waals surface area contributed by atoms with Gasteiger partial charge in [0, 0.05) is 30.8 Å². The van der Waals surface area contributed by atoms with Gasteiger partial charge in [0.25, 0.3) is 0 Å². The lowest BCUT2D eigenvalue weighted by atomic mass is 10.1. The normalized spacial score (nSPS) is 14.7. The van der Waals surface area contributed by atoms with Crippen LogP contribution in [0.4, 0.5) is 13.2 Å². The van der Waals surface area contributed by atoms with Crippen molar-refractivity contribution in [2.45, 2.75) is 39.0 Å². The molecular formula is C12H16F3N3O. The van der Waals surface area contributed by atoms with E-state index in [1.54, 1.807) is 0 Å². The average molecular weight is 275 g/mol. The number of alkyl halides is 3. The summed E-state index contributed by atoms with van der Waals surface area (Å²) in [6.07, 6.45) is -3.18. The fourth-order valence-corrected chi connectivity index (χ4v) is 2.05. The number of hydrogen-bond acceptors (Lipinski definition) is 4. The van der Waals surface area contributed by atoms with E-state index in [-0.39, 0.29) is 6.61 Å². The molecule has 1 N–H and O–H groups in total. The molecule has 0 unspecified atom stereocenters. The van der Waals surface area contributed by atoms with Crippen LogP contribution in [0, 0.1) is 0 Å². The van der Waals surface area contributed by atoms with Gasteiger partial charge in [-0.3, -0.25) is 0 Å². The van der Waals surface area contributed by atoms with E-state index in [0.717, 1.165) is 29.9 Å². The number of fused-ring (bicyclic) bond motifs is 1. The highest BCUT2D eigenvalue weighted by molar-refractivity contribution is 5.29. The highest BCUT2D eigenvalue weighted by Crippen LogP contribution is 2.18. The van der Waals surface area contributed by atoms with Crippen molar-refractivity contribution in [3.63, 3.8) is 0 Å². The number of nitrogens with zero attached hydrogens (tertiary/aromatic N) is 2. The van der Waals surface area contributed by atoms with E-state index in [2.05, 4.69) is 20.0 Å². The maximum atomic E-state index is 11.9. The molecule has 1 aliphatic rings. The largest absolute Gasteiger partial charge is 0.411 e. The Morgan fingerprint density at radius 1 is 1.26 bits per heavy atom. The second-order valence-corrected chi connectivity index (χ2v) is 4.39. The van der Waals surface area contributed by atoms with Gasteiger partial charge in [-0.15, -0.1) is 0 Å². The standard InChI is InChI=1S/C12H16F3N3O/c1-2-9-8-5-16-6-10(8)18-11(17-9)3-4-19-7-12(13,14)15/h16H,2-7H2,1H3. The topological polar surface area (TPSA) is 47.0 Å². The molecule has 4 nitrogen and oxygen atoms in total. The number of ether oxygens (including phenoxy) is 1. The smallest absolute Gasteiger partial charge is 0.372 e. The Kier molecular flexibility index (Phi) is 4.36. The van der Waals surface area contributed by atoms with Crippen LogP contribution in [-0.2, 0) is 30.7 Å². The van der Waals surface area contributed by atoms with E-state index in [9.17, 15) is 13.2 Å². The molecule has 0 amide bonds. The Morgan fingerprint density at radius 2 is 2.05 bits per heavy atom. The Bertz CT molecular complexity index is 449. The van der Waals surface area contributed by atoms with Gasteiger partial charge in [-0.05, 0) is 6.42 Å². The number of aryl methyl sites for hydroxylation is 1. The summed E-state index contributed by atoms with van der Waals surface area (Å²) in [5.41, 5.74) is 3.06. The lowest BCUT2D eigenvalue weighted by molar-refractivity contribution is -0.173. The molecule has 0 aliphatic carbocycles. The zero-order chi connectivity index (χ0) is 13.9. The van der Waals surface area contributed by atoms with Crippen LogP contribution in [0.5, 0.6) is 0 Å². The van der Waals surface area contributed by atoms with Gasteiger partial charge in [0.1, 0.15) is 12.4 Å². The van der Waals surface area contributed by atoms with Crippen molar-refractivity contribution < 1.29 is 17.9 Å². The minimum atomic E-state index is -4.28. The van der Waals surface area contributed by atoms with Crippen LogP contribution < -0.4 is 5.32 Å².